The Bertz CT molecular complexity index is 483. The van der Waals surface area contributed by atoms with Crippen molar-refractivity contribution in [1.29, 1.82) is 5.26 Å². The number of methoxy groups -OCH3 is 1. The molecule has 5 nitrogen and oxygen atoms in total. The van der Waals surface area contributed by atoms with Crippen molar-refractivity contribution in [3.8, 4) is 6.07 Å². The lowest BCUT2D eigenvalue weighted by atomic mass is 10.1. The fourth-order valence-electron chi connectivity index (χ4n) is 2.47. The summed E-state index contributed by atoms with van der Waals surface area (Å²) in [6, 6.07) is 10.3. The van der Waals surface area contributed by atoms with Crippen molar-refractivity contribution in [3.05, 3.63) is 35.9 Å². The van der Waals surface area contributed by atoms with Crippen molar-refractivity contribution in [2.75, 3.05) is 13.7 Å². The maximum atomic E-state index is 11.7. The third-order valence-electron chi connectivity index (χ3n) is 3.36. The maximum Gasteiger partial charge on any atom is 0.323 e. The highest BCUT2D eigenvalue weighted by atomic mass is 16.5. The predicted molar refractivity (Wildman–Crippen MR) is 67.9 cm³/mol. The number of aliphatic hydroxyl groups excluding tert-OH is 1. The van der Waals surface area contributed by atoms with Crippen LogP contribution in [-0.4, -0.2) is 41.8 Å². The fourth-order valence-corrected chi connectivity index (χ4v) is 2.47. The van der Waals surface area contributed by atoms with Crippen LogP contribution in [0, 0.1) is 11.3 Å². The van der Waals surface area contributed by atoms with Gasteiger partial charge in [-0.05, 0) is 5.56 Å². The molecule has 0 saturated carbocycles. The van der Waals surface area contributed by atoms with Crippen molar-refractivity contribution >= 4 is 5.97 Å². The number of esters is 1. The first-order valence-corrected chi connectivity index (χ1v) is 6.13. The molecule has 1 aromatic carbocycles. The second-order valence-electron chi connectivity index (χ2n) is 4.57. The highest BCUT2D eigenvalue weighted by molar-refractivity contribution is 5.76. The number of carbonyl (C=O) groups excluding carboxylic acids is 1. The van der Waals surface area contributed by atoms with E-state index in [1.807, 2.05) is 30.3 Å². The highest BCUT2D eigenvalue weighted by Gasteiger charge is 2.41. The third kappa shape index (κ3) is 2.75. The molecule has 1 fully saturated rings. The van der Waals surface area contributed by atoms with Crippen LogP contribution in [0.4, 0.5) is 0 Å². The second-order valence-corrected chi connectivity index (χ2v) is 4.57. The Morgan fingerprint density at radius 1 is 1.53 bits per heavy atom. The lowest BCUT2D eigenvalue weighted by molar-refractivity contribution is -0.146. The Hall–Kier alpha value is -1.90. The molecular formula is C14H16N2O3. The molecular weight excluding hydrogens is 244 g/mol. The number of benzene rings is 1. The zero-order chi connectivity index (χ0) is 13.8. The number of ether oxygens (including phenoxy) is 1. The smallest absolute Gasteiger partial charge is 0.323 e. The number of hydrogen-bond donors (Lipinski definition) is 1. The summed E-state index contributed by atoms with van der Waals surface area (Å²) in [6.07, 6.45) is -0.304. The molecule has 2 rings (SSSR count). The van der Waals surface area contributed by atoms with Crippen molar-refractivity contribution in [1.82, 2.24) is 4.90 Å². The van der Waals surface area contributed by atoms with E-state index in [4.69, 9.17) is 4.74 Å². The summed E-state index contributed by atoms with van der Waals surface area (Å²) in [4.78, 5) is 13.4. The molecule has 100 valence electrons. The summed E-state index contributed by atoms with van der Waals surface area (Å²) in [5, 5.41) is 19.1. The summed E-state index contributed by atoms with van der Waals surface area (Å²) in [5.74, 6) is -0.410. The van der Waals surface area contributed by atoms with Crippen molar-refractivity contribution in [3.63, 3.8) is 0 Å². The first-order valence-electron chi connectivity index (χ1n) is 6.13. The maximum absolute atomic E-state index is 11.7. The van der Waals surface area contributed by atoms with E-state index in [2.05, 4.69) is 6.07 Å². The first kappa shape index (κ1) is 13.5. The molecule has 1 aliphatic heterocycles. The van der Waals surface area contributed by atoms with E-state index < -0.39 is 24.2 Å². The first-order chi connectivity index (χ1) is 9.17. The molecule has 0 bridgehead atoms. The SMILES string of the molecule is COC(=O)[C@@H]1C[C@@H](O)CN1[C@H](C#N)c1ccccc1. The van der Waals surface area contributed by atoms with Gasteiger partial charge < -0.3 is 9.84 Å². The zero-order valence-electron chi connectivity index (χ0n) is 10.7. The summed E-state index contributed by atoms with van der Waals surface area (Å²) < 4.78 is 4.74. The van der Waals surface area contributed by atoms with Crippen molar-refractivity contribution in [2.24, 2.45) is 0 Å². The van der Waals surface area contributed by atoms with E-state index in [-0.39, 0.29) is 0 Å². The van der Waals surface area contributed by atoms with E-state index in [9.17, 15) is 15.2 Å². The number of nitriles is 1. The minimum atomic E-state index is -0.608. The predicted octanol–water partition coefficient (Wildman–Crippen LogP) is 0.859. The molecule has 1 aliphatic rings. The molecule has 0 radical (unpaired) electrons. The van der Waals surface area contributed by atoms with Gasteiger partial charge in [-0.1, -0.05) is 30.3 Å². The molecule has 19 heavy (non-hydrogen) atoms. The minimum absolute atomic E-state index is 0.298. The van der Waals surface area contributed by atoms with Gasteiger partial charge in [-0.3, -0.25) is 9.69 Å². The number of β-amino-alcohol motifs (C(OH)–C–C–N with tert-alkyl or cyclic N) is 1. The van der Waals surface area contributed by atoms with E-state index in [0.717, 1.165) is 5.56 Å². The lowest BCUT2D eigenvalue weighted by Gasteiger charge is -2.26. The minimum Gasteiger partial charge on any atom is -0.468 e. The largest absolute Gasteiger partial charge is 0.468 e. The standard InChI is InChI=1S/C14H16N2O3/c1-19-14(18)12-7-11(17)9-16(12)13(8-15)10-5-3-2-4-6-10/h2-6,11-13,17H,7,9H2,1H3/t11-,12+,13-/m1/s1. The Labute approximate surface area is 112 Å². The summed E-state index contributed by atoms with van der Waals surface area (Å²) in [5.41, 5.74) is 0.813. The van der Waals surface area contributed by atoms with Crippen LogP contribution in [0.3, 0.4) is 0 Å². The van der Waals surface area contributed by atoms with Crippen LogP contribution in [-0.2, 0) is 9.53 Å². The third-order valence-corrected chi connectivity index (χ3v) is 3.36. The summed E-state index contributed by atoms with van der Waals surface area (Å²) in [6.45, 7) is 0.298. The molecule has 1 aromatic rings. The van der Waals surface area contributed by atoms with Gasteiger partial charge in [0.2, 0.25) is 0 Å². The van der Waals surface area contributed by atoms with Gasteiger partial charge in [0.05, 0.1) is 19.3 Å². The van der Waals surface area contributed by atoms with Crippen LogP contribution in [0.5, 0.6) is 0 Å². The second kappa shape index (κ2) is 5.83. The van der Waals surface area contributed by atoms with Crippen LogP contribution >= 0.6 is 0 Å². The average Bonchev–Trinajstić information content (AvgIpc) is 2.82. The summed E-state index contributed by atoms with van der Waals surface area (Å²) in [7, 11) is 1.31. The normalized spacial score (nSPS) is 24.7. The van der Waals surface area contributed by atoms with Gasteiger partial charge in [-0.25, -0.2) is 0 Å². The number of carbonyl (C=O) groups is 1. The number of hydrogen-bond acceptors (Lipinski definition) is 5. The average molecular weight is 260 g/mol. The van der Waals surface area contributed by atoms with Gasteiger partial charge in [-0.2, -0.15) is 5.26 Å². The molecule has 3 atom stereocenters. The molecule has 0 aliphatic carbocycles. The molecule has 0 unspecified atom stereocenters. The highest BCUT2D eigenvalue weighted by Crippen LogP contribution is 2.29. The van der Waals surface area contributed by atoms with Gasteiger partial charge in [0.25, 0.3) is 0 Å². The molecule has 0 amide bonds. The quantitative estimate of drug-likeness (QED) is 0.816. The monoisotopic (exact) mass is 260 g/mol. The molecule has 0 aromatic heterocycles. The van der Waals surface area contributed by atoms with Crippen LogP contribution in [0.25, 0.3) is 0 Å². The fraction of sp³-hybridized carbons (Fsp3) is 0.429. The summed E-state index contributed by atoms with van der Waals surface area (Å²) >= 11 is 0. The number of likely N-dealkylation sites (tertiary alicyclic amines) is 1. The van der Waals surface area contributed by atoms with E-state index in [1.54, 1.807) is 4.90 Å². The van der Waals surface area contributed by atoms with Crippen molar-refractivity contribution < 1.29 is 14.6 Å². The molecule has 1 heterocycles. The van der Waals surface area contributed by atoms with E-state index in [0.29, 0.717) is 13.0 Å². The van der Waals surface area contributed by atoms with Crippen LogP contribution in [0.2, 0.25) is 0 Å². The van der Waals surface area contributed by atoms with Gasteiger partial charge in [-0.15, -0.1) is 0 Å². The topological polar surface area (TPSA) is 73.6 Å². The Kier molecular flexibility index (Phi) is 4.15. The van der Waals surface area contributed by atoms with Crippen LogP contribution in [0.15, 0.2) is 30.3 Å². The number of rotatable bonds is 3. The Balaban J connectivity index is 2.27. The molecule has 0 spiro atoms. The molecule has 1 N–H and O–H groups in total. The lowest BCUT2D eigenvalue weighted by Crippen LogP contribution is -2.39. The van der Waals surface area contributed by atoms with Crippen molar-refractivity contribution in [2.45, 2.75) is 24.6 Å². The van der Waals surface area contributed by atoms with Crippen LogP contribution in [0.1, 0.15) is 18.0 Å². The van der Waals surface area contributed by atoms with Gasteiger partial charge in [0.1, 0.15) is 12.1 Å². The van der Waals surface area contributed by atoms with E-state index in [1.165, 1.54) is 7.11 Å². The Morgan fingerprint density at radius 3 is 2.79 bits per heavy atom. The van der Waals surface area contributed by atoms with Gasteiger partial charge in [0.15, 0.2) is 0 Å². The molecule has 1 saturated heterocycles. The zero-order valence-corrected chi connectivity index (χ0v) is 10.7. The number of aliphatic hydroxyl groups is 1. The van der Waals surface area contributed by atoms with Crippen LogP contribution < -0.4 is 0 Å². The van der Waals surface area contributed by atoms with E-state index >= 15 is 0 Å². The molecule has 5 heteroatoms. The number of nitrogens with zero attached hydrogens (tertiary/aromatic N) is 2. The van der Waals surface area contributed by atoms with Gasteiger partial charge in [0, 0.05) is 13.0 Å². The Morgan fingerprint density at radius 2 is 2.21 bits per heavy atom. The van der Waals surface area contributed by atoms with Gasteiger partial charge >= 0.3 is 5.97 Å².